The molecular weight excluding hydrogens is 252 g/mol. The number of ether oxygens (including phenoxy) is 2. The quantitative estimate of drug-likeness (QED) is 0.847. The fraction of sp³-hybridized carbons (Fsp3) is 0.471. The smallest absolute Gasteiger partial charge is 0.165 e. The largest absolute Gasteiger partial charge is 0.493 e. The predicted octanol–water partition coefficient (Wildman–Crippen LogP) is 3.44. The van der Waals surface area contributed by atoms with Gasteiger partial charge in [-0.3, -0.25) is 4.79 Å². The number of allylic oxidation sites excluding steroid dienone is 2. The minimum atomic E-state index is -0.499. The molecule has 0 spiro atoms. The zero-order chi connectivity index (χ0) is 15.1. The van der Waals surface area contributed by atoms with Gasteiger partial charge in [0.15, 0.2) is 17.3 Å². The first-order valence-electron chi connectivity index (χ1n) is 6.75. The van der Waals surface area contributed by atoms with Crippen LogP contribution in [-0.2, 0) is 10.2 Å². The number of methoxy groups -OCH3 is 2. The molecule has 0 heterocycles. The maximum absolute atomic E-state index is 12.1. The summed E-state index contributed by atoms with van der Waals surface area (Å²) < 4.78 is 11.1. The number of carbonyl (C=O) groups is 1. The van der Waals surface area contributed by atoms with Crippen LogP contribution in [0.3, 0.4) is 0 Å². The van der Waals surface area contributed by atoms with Crippen LogP contribution >= 0.6 is 0 Å². The van der Waals surface area contributed by atoms with Crippen LogP contribution in [0.25, 0.3) is 0 Å². The Bertz CT molecular complexity index is 584. The Morgan fingerprint density at radius 2 is 1.60 bits per heavy atom. The molecule has 1 atom stereocenters. The average Bonchev–Trinajstić information content (AvgIpc) is 2.62. The van der Waals surface area contributed by atoms with Crippen molar-refractivity contribution >= 4 is 5.78 Å². The van der Waals surface area contributed by atoms with E-state index in [9.17, 15) is 4.79 Å². The lowest BCUT2D eigenvalue weighted by molar-refractivity contribution is -0.123. The number of hydrogen-bond donors (Lipinski definition) is 0. The Hall–Kier alpha value is -1.77. The molecular formula is C17H22O3. The molecule has 0 fully saturated rings. The average molecular weight is 274 g/mol. The molecule has 1 aliphatic rings. The molecule has 2 rings (SSSR count). The summed E-state index contributed by atoms with van der Waals surface area (Å²) in [5, 5.41) is 0. The summed E-state index contributed by atoms with van der Waals surface area (Å²) in [6.07, 6.45) is 3.65. The van der Waals surface area contributed by atoms with Crippen molar-refractivity contribution in [2.24, 2.45) is 5.41 Å². The molecule has 0 bridgehead atoms. The van der Waals surface area contributed by atoms with Gasteiger partial charge in [-0.15, -0.1) is 0 Å². The first-order valence-corrected chi connectivity index (χ1v) is 6.75. The number of benzene rings is 1. The maximum atomic E-state index is 12.1. The lowest BCUT2D eigenvalue weighted by Gasteiger charge is -2.38. The molecule has 0 amide bonds. The van der Waals surface area contributed by atoms with Crippen molar-refractivity contribution in [1.29, 1.82) is 0 Å². The third-order valence-electron chi connectivity index (χ3n) is 4.76. The van der Waals surface area contributed by atoms with Gasteiger partial charge >= 0.3 is 0 Å². The number of aryl methyl sites for hydroxylation is 1. The number of rotatable bonds is 3. The van der Waals surface area contributed by atoms with Gasteiger partial charge < -0.3 is 9.47 Å². The molecule has 0 radical (unpaired) electrons. The fourth-order valence-corrected chi connectivity index (χ4v) is 2.87. The topological polar surface area (TPSA) is 35.5 Å². The molecule has 1 aromatic carbocycles. The van der Waals surface area contributed by atoms with Crippen molar-refractivity contribution in [2.75, 3.05) is 14.2 Å². The summed E-state index contributed by atoms with van der Waals surface area (Å²) in [6.45, 7) is 8.00. The standard InChI is InChI=1S/C17H22O3/c1-11-7-8-12(15(20-6)14(11)19-5)17(4)10-9-13(18)16(17,2)3/h7-10H,1-6H3/t17-/m1/s1. The van der Waals surface area contributed by atoms with Crippen molar-refractivity contribution in [2.45, 2.75) is 33.1 Å². The van der Waals surface area contributed by atoms with Crippen molar-refractivity contribution in [3.8, 4) is 11.5 Å². The number of carbonyl (C=O) groups excluding carboxylic acids is 1. The third-order valence-corrected chi connectivity index (χ3v) is 4.76. The molecule has 0 saturated carbocycles. The Balaban J connectivity index is 2.71. The van der Waals surface area contributed by atoms with Crippen LogP contribution in [0.2, 0.25) is 0 Å². The van der Waals surface area contributed by atoms with Gasteiger partial charge in [0.1, 0.15) is 0 Å². The fourth-order valence-electron chi connectivity index (χ4n) is 2.87. The molecule has 20 heavy (non-hydrogen) atoms. The Morgan fingerprint density at radius 3 is 2.05 bits per heavy atom. The van der Waals surface area contributed by atoms with E-state index >= 15 is 0 Å². The maximum Gasteiger partial charge on any atom is 0.165 e. The molecule has 0 saturated heterocycles. The normalized spacial score (nSPS) is 24.0. The summed E-state index contributed by atoms with van der Waals surface area (Å²) in [7, 11) is 3.27. The van der Waals surface area contributed by atoms with Gasteiger partial charge in [0.25, 0.3) is 0 Å². The zero-order valence-corrected chi connectivity index (χ0v) is 13.0. The van der Waals surface area contributed by atoms with E-state index in [2.05, 4.69) is 6.92 Å². The van der Waals surface area contributed by atoms with E-state index in [0.29, 0.717) is 5.75 Å². The third kappa shape index (κ3) is 1.76. The second-order valence-electron chi connectivity index (χ2n) is 6.02. The van der Waals surface area contributed by atoms with E-state index < -0.39 is 10.8 Å². The molecule has 0 N–H and O–H groups in total. The van der Waals surface area contributed by atoms with Crippen LogP contribution in [0, 0.1) is 12.3 Å². The molecule has 3 nitrogen and oxygen atoms in total. The first kappa shape index (κ1) is 14.6. The lowest BCUT2D eigenvalue weighted by Crippen LogP contribution is -2.39. The van der Waals surface area contributed by atoms with E-state index in [1.807, 2.05) is 39.0 Å². The highest BCUT2D eigenvalue weighted by Gasteiger charge is 2.50. The highest BCUT2D eigenvalue weighted by Crippen LogP contribution is 2.52. The monoisotopic (exact) mass is 274 g/mol. The number of hydrogen-bond acceptors (Lipinski definition) is 3. The van der Waals surface area contributed by atoms with E-state index in [-0.39, 0.29) is 5.78 Å². The molecule has 0 aliphatic heterocycles. The van der Waals surface area contributed by atoms with Gasteiger partial charge in [-0.05, 0) is 18.6 Å². The van der Waals surface area contributed by atoms with E-state index in [0.717, 1.165) is 16.9 Å². The predicted molar refractivity (Wildman–Crippen MR) is 79.6 cm³/mol. The van der Waals surface area contributed by atoms with Crippen LogP contribution in [-0.4, -0.2) is 20.0 Å². The summed E-state index contributed by atoms with van der Waals surface area (Å²) >= 11 is 0. The highest BCUT2D eigenvalue weighted by atomic mass is 16.5. The summed E-state index contributed by atoms with van der Waals surface area (Å²) in [4.78, 5) is 12.1. The highest BCUT2D eigenvalue weighted by molar-refractivity contribution is 5.99. The molecule has 0 unspecified atom stereocenters. The van der Waals surface area contributed by atoms with Gasteiger partial charge in [0, 0.05) is 16.4 Å². The Morgan fingerprint density at radius 1 is 1.00 bits per heavy atom. The lowest BCUT2D eigenvalue weighted by atomic mass is 9.64. The van der Waals surface area contributed by atoms with Crippen molar-refractivity contribution in [3.63, 3.8) is 0 Å². The Kier molecular flexibility index (Phi) is 3.41. The molecule has 108 valence electrons. The van der Waals surface area contributed by atoms with Crippen LogP contribution in [0.15, 0.2) is 24.3 Å². The van der Waals surface area contributed by atoms with Gasteiger partial charge in [-0.2, -0.15) is 0 Å². The van der Waals surface area contributed by atoms with Crippen LogP contribution in [0.5, 0.6) is 11.5 Å². The second-order valence-corrected chi connectivity index (χ2v) is 6.02. The van der Waals surface area contributed by atoms with Gasteiger partial charge in [0.2, 0.25) is 0 Å². The summed E-state index contributed by atoms with van der Waals surface area (Å²) in [5.41, 5.74) is 1.09. The molecule has 0 aromatic heterocycles. The molecule has 1 aromatic rings. The van der Waals surface area contributed by atoms with E-state index in [1.165, 1.54) is 0 Å². The summed E-state index contributed by atoms with van der Waals surface area (Å²) in [5.74, 6) is 1.58. The van der Waals surface area contributed by atoms with Crippen molar-refractivity contribution in [1.82, 2.24) is 0 Å². The van der Waals surface area contributed by atoms with Crippen LogP contribution < -0.4 is 9.47 Å². The second kappa shape index (κ2) is 4.65. The van der Waals surface area contributed by atoms with Gasteiger partial charge in [-0.1, -0.05) is 39.0 Å². The molecule has 1 aliphatic carbocycles. The van der Waals surface area contributed by atoms with Crippen LogP contribution in [0.4, 0.5) is 0 Å². The van der Waals surface area contributed by atoms with E-state index in [1.54, 1.807) is 20.3 Å². The number of ketones is 1. The van der Waals surface area contributed by atoms with Gasteiger partial charge in [0.05, 0.1) is 14.2 Å². The zero-order valence-electron chi connectivity index (χ0n) is 13.0. The van der Waals surface area contributed by atoms with Crippen LogP contribution in [0.1, 0.15) is 31.9 Å². The first-order chi connectivity index (χ1) is 9.29. The Labute approximate surface area is 120 Å². The van der Waals surface area contributed by atoms with Gasteiger partial charge in [-0.25, -0.2) is 0 Å². The molecule has 3 heteroatoms. The summed E-state index contributed by atoms with van der Waals surface area (Å²) in [6, 6.07) is 4.04. The van der Waals surface area contributed by atoms with Crippen molar-refractivity contribution in [3.05, 3.63) is 35.4 Å². The van der Waals surface area contributed by atoms with E-state index in [4.69, 9.17) is 9.47 Å². The minimum absolute atomic E-state index is 0.140. The SMILES string of the molecule is COc1c(C)ccc([C@@]2(C)C=CC(=O)C2(C)C)c1OC. The minimum Gasteiger partial charge on any atom is -0.493 e. The van der Waals surface area contributed by atoms with Crippen molar-refractivity contribution < 1.29 is 14.3 Å².